The second kappa shape index (κ2) is 9.51. The molecule has 2 aliphatic rings. The van der Waals surface area contributed by atoms with Crippen molar-refractivity contribution in [2.75, 3.05) is 57.8 Å². The van der Waals surface area contributed by atoms with Crippen molar-refractivity contribution >= 4 is 11.6 Å². The Morgan fingerprint density at radius 3 is 2.53 bits per heavy atom. The number of hydrogen-bond acceptors (Lipinski definition) is 6. The lowest BCUT2D eigenvalue weighted by atomic mass is 9.96. The predicted molar refractivity (Wildman–Crippen MR) is 116 cm³/mol. The first-order valence-corrected chi connectivity index (χ1v) is 11.0. The van der Waals surface area contributed by atoms with Gasteiger partial charge in [0.05, 0.1) is 12.8 Å². The molecule has 2 fully saturated rings. The van der Waals surface area contributed by atoms with Gasteiger partial charge in [0.1, 0.15) is 5.75 Å². The Morgan fingerprint density at radius 2 is 1.87 bits per heavy atom. The molecule has 1 aromatic carbocycles. The molecule has 0 spiro atoms. The maximum absolute atomic E-state index is 12.5. The molecule has 7 heteroatoms. The van der Waals surface area contributed by atoms with Crippen molar-refractivity contribution in [2.24, 2.45) is 5.92 Å². The summed E-state index contributed by atoms with van der Waals surface area (Å²) in [6, 6.07) is 10.1. The van der Waals surface area contributed by atoms with E-state index in [2.05, 4.69) is 27.1 Å². The van der Waals surface area contributed by atoms with E-state index in [-0.39, 0.29) is 5.91 Å². The second-order valence-electron chi connectivity index (χ2n) is 8.41. The van der Waals surface area contributed by atoms with Crippen LogP contribution in [0.3, 0.4) is 0 Å². The number of rotatable bonds is 5. The highest BCUT2D eigenvalue weighted by atomic mass is 16.5. The lowest BCUT2D eigenvalue weighted by Gasteiger charge is -2.34. The molecule has 162 valence electrons. The number of methoxy groups -OCH3 is 1. The van der Waals surface area contributed by atoms with Crippen LogP contribution in [0.2, 0.25) is 0 Å². The minimum atomic E-state index is -0.0287. The van der Waals surface area contributed by atoms with Gasteiger partial charge in [-0.1, -0.05) is 5.16 Å². The summed E-state index contributed by atoms with van der Waals surface area (Å²) < 4.78 is 10.4. The summed E-state index contributed by atoms with van der Waals surface area (Å²) in [5.74, 6) is 1.88. The monoisotopic (exact) mass is 412 g/mol. The van der Waals surface area contributed by atoms with E-state index in [1.54, 1.807) is 13.2 Å². The molecule has 30 heavy (non-hydrogen) atoms. The first-order valence-electron chi connectivity index (χ1n) is 11.0. The molecule has 7 nitrogen and oxygen atoms in total. The van der Waals surface area contributed by atoms with Gasteiger partial charge in [-0.25, -0.2) is 0 Å². The number of aromatic nitrogens is 1. The summed E-state index contributed by atoms with van der Waals surface area (Å²) in [7, 11) is 1.70. The maximum atomic E-state index is 12.5. The number of benzene rings is 1. The average Bonchev–Trinajstić information content (AvgIpc) is 3.08. The molecular formula is C23H32N4O3. The number of carbonyl (C=O) groups excluding carboxylic acids is 1. The van der Waals surface area contributed by atoms with E-state index >= 15 is 0 Å². The van der Waals surface area contributed by atoms with Crippen molar-refractivity contribution in [1.29, 1.82) is 0 Å². The first kappa shape index (κ1) is 20.7. The number of aryl methyl sites for hydroxylation is 1. The maximum Gasteiger partial charge on any atom is 0.292 e. The zero-order chi connectivity index (χ0) is 20.9. The van der Waals surface area contributed by atoms with E-state index in [1.807, 2.05) is 24.0 Å². The summed E-state index contributed by atoms with van der Waals surface area (Å²) in [5.41, 5.74) is 2.02. The lowest BCUT2D eigenvalue weighted by molar-refractivity contribution is 0.0628. The van der Waals surface area contributed by atoms with Crippen molar-refractivity contribution in [3.05, 3.63) is 41.8 Å². The lowest BCUT2D eigenvalue weighted by Crippen LogP contribution is -2.42. The fourth-order valence-electron chi connectivity index (χ4n) is 4.51. The van der Waals surface area contributed by atoms with Gasteiger partial charge in [-0.2, -0.15) is 0 Å². The predicted octanol–water partition coefficient (Wildman–Crippen LogP) is 3.06. The molecular weight excluding hydrogens is 380 g/mol. The third kappa shape index (κ3) is 4.95. The SMILES string of the molecule is COc1ccc(N2CCCN(CC3CCN(C(=O)c4cc(C)no4)CC3)CC2)cc1. The van der Waals surface area contributed by atoms with E-state index in [1.165, 1.54) is 12.1 Å². The third-order valence-corrected chi connectivity index (χ3v) is 6.28. The molecule has 2 aromatic rings. The minimum absolute atomic E-state index is 0.0287. The highest BCUT2D eigenvalue weighted by molar-refractivity contribution is 5.91. The van der Waals surface area contributed by atoms with Gasteiger partial charge in [0, 0.05) is 51.0 Å². The standard InChI is InChI=1S/C23H32N4O3/c1-18-16-22(30-24-18)23(28)27-12-8-19(9-13-27)17-25-10-3-11-26(15-14-25)20-4-6-21(29-2)7-5-20/h4-7,16,19H,3,8-15,17H2,1-2H3. The van der Waals surface area contributed by atoms with Gasteiger partial charge in [-0.05, 0) is 62.9 Å². The van der Waals surface area contributed by atoms with Crippen molar-refractivity contribution in [3.63, 3.8) is 0 Å². The Morgan fingerprint density at radius 1 is 1.10 bits per heavy atom. The first-order chi connectivity index (χ1) is 14.6. The molecule has 0 bridgehead atoms. The van der Waals surface area contributed by atoms with E-state index in [0.717, 1.165) is 70.1 Å². The summed E-state index contributed by atoms with van der Waals surface area (Å²) in [5, 5.41) is 3.83. The van der Waals surface area contributed by atoms with Gasteiger partial charge >= 0.3 is 0 Å². The van der Waals surface area contributed by atoms with Gasteiger partial charge < -0.3 is 24.0 Å². The molecule has 0 aliphatic carbocycles. The Labute approximate surface area is 178 Å². The number of carbonyl (C=O) groups is 1. The molecule has 0 N–H and O–H groups in total. The van der Waals surface area contributed by atoms with Crippen LogP contribution in [0.4, 0.5) is 5.69 Å². The van der Waals surface area contributed by atoms with Crippen molar-refractivity contribution in [3.8, 4) is 5.75 Å². The summed E-state index contributed by atoms with van der Waals surface area (Å²) in [4.78, 5) is 19.5. The topological polar surface area (TPSA) is 62.1 Å². The van der Waals surface area contributed by atoms with Crippen molar-refractivity contribution in [1.82, 2.24) is 15.0 Å². The van der Waals surface area contributed by atoms with Crippen molar-refractivity contribution < 1.29 is 14.1 Å². The number of amides is 1. The molecule has 0 radical (unpaired) electrons. The van der Waals surface area contributed by atoms with Gasteiger partial charge in [0.2, 0.25) is 5.76 Å². The van der Waals surface area contributed by atoms with Crippen LogP contribution >= 0.6 is 0 Å². The third-order valence-electron chi connectivity index (χ3n) is 6.28. The van der Waals surface area contributed by atoms with E-state index in [4.69, 9.17) is 9.26 Å². The fraction of sp³-hybridized carbons (Fsp3) is 0.565. The largest absolute Gasteiger partial charge is 0.497 e. The quantitative estimate of drug-likeness (QED) is 0.752. The average molecular weight is 413 g/mol. The zero-order valence-electron chi connectivity index (χ0n) is 18.0. The number of hydrogen-bond donors (Lipinski definition) is 0. The van der Waals surface area contributed by atoms with E-state index in [9.17, 15) is 4.79 Å². The van der Waals surface area contributed by atoms with Crippen molar-refractivity contribution in [2.45, 2.75) is 26.2 Å². The van der Waals surface area contributed by atoms with Crippen LogP contribution in [0.1, 0.15) is 35.5 Å². The Hall–Kier alpha value is -2.54. The molecule has 2 aliphatic heterocycles. The molecule has 0 unspecified atom stereocenters. The van der Waals surface area contributed by atoms with Crippen LogP contribution in [0.25, 0.3) is 0 Å². The number of nitrogens with zero attached hydrogens (tertiary/aromatic N) is 4. The summed E-state index contributed by atoms with van der Waals surface area (Å²) >= 11 is 0. The minimum Gasteiger partial charge on any atom is -0.497 e. The van der Waals surface area contributed by atoms with Crippen LogP contribution in [0.15, 0.2) is 34.9 Å². The Balaban J connectivity index is 1.24. The van der Waals surface area contributed by atoms with Crippen LogP contribution < -0.4 is 9.64 Å². The smallest absolute Gasteiger partial charge is 0.292 e. The van der Waals surface area contributed by atoms with Gasteiger partial charge in [-0.15, -0.1) is 0 Å². The van der Waals surface area contributed by atoms with Crippen LogP contribution in [-0.2, 0) is 0 Å². The van der Waals surface area contributed by atoms with Gasteiger partial charge in [0.25, 0.3) is 5.91 Å². The molecule has 1 amide bonds. The highest BCUT2D eigenvalue weighted by Gasteiger charge is 2.27. The number of likely N-dealkylation sites (tertiary alicyclic amines) is 1. The van der Waals surface area contributed by atoms with Crippen LogP contribution in [0, 0.1) is 12.8 Å². The van der Waals surface area contributed by atoms with E-state index < -0.39 is 0 Å². The molecule has 0 atom stereocenters. The Bertz CT molecular complexity index is 827. The summed E-state index contributed by atoms with van der Waals surface area (Å²) in [6.07, 6.45) is 3.28. The Kier molecular flexibility index (Phi) is 6.57. The molecule has 1 aromatic heterocycles. The normalized spacial score (nSPS) is 19.0. The van der Waals surface area contributed by atoms with Gasteiger partial charge in [-0.3, -0.25) is 4.79 Å². The molecule has 0 saturated carbocycles. The zero-order valence-corrected chi connectivity index (χ0v) is 18.0. The molecule has 3 heterocycles. The molecule has 2 saturated heterocycles. The highest BCUT2D eigenvalue weighted by Crippen LogP contribution is 2.23. The number of ether oxygens (including phenoxy) is 1. The second-order valence-corrected chi connectivity index (χ2v) is 8.41. The fourth-order valence-corrected chi connectivity index (χ4v) is 4.51. The molecule has 4 rings (SSSR count). The van der Waals surface area contributed by atoms with Crippen LogP contribution in [-0.4, -0.2) is 73.8 Å². The number of anilines is 1. The summed E-state index contributed by atoms with van der Waals surface area (Å²) in [6.45, 7) is 8.93. The van der Waals surface area contributed by atoms with Crippen LogP contribution in [0.5, 0.6) is 5.75 Å². The van der Waals surface area contributed by atoms with E-state index in [0.29, 0.717) is 11.7 Å². The number of piperidine rings is 1. The van der Waals surface area contributed by atoms with Gasteiger partial charge in [0.15, 0.2) is 0 Å².